The van der Waals surface area contributed by atoms with E-state index in [0.717, 1.165) is 17.3 Å². The standard InChI is InChI=1S/C16H22N2O/c1-5-16(2,19-4)15(17-3)13-9-8-12-7-6-10-18-14(12)11-13/h6-11,15,17H,5H2,1-4H3. The lowest BCUT2D eigenvalue weighted by molar-refractivity contribution is -0.0280. The van der Waals surface area contributed by atoms with Crippen LogP contribution in [-0.2, 0) is 4.74 Å². The quantitative estimate of drug-likeness (QED) is 0.893. The van der Waals surface area contributed by atoms with Gasteiger partial charge in [-0.15, -0.1) is 0 Å². The number of aromatic nitrogens is 1. The molecule has 3 heteroatoms. The van der Waals surface area contributed by atoms with Gasteiger partial charge in [-0.2, -0.15) is 0 Å². The van der Waals surface area contributed by atoms with Crippen molar-refractivity contribution >= 4 is 10.9 Å². The molecule has 2 aromatic rings. The van der Waals surface area contributed by atoms with Crippen molar-refractivity contribution in [3.8, 4) is 0 Å². The Hall–Kier alpha value is -1.45. The van der Waals surface area contributed by atoms with Crippen molar-refractivity contribution in [3.63, 3.8) is 0 Å². The van der Waals surface area contributed by atoms with Crippen LogP contribution in [-0.4, -0.2) is 24.7 Å². The molecule has 1 N–H and O–H groups in total. The van der Waals surface area contributed by atoms with Gasteiger partial charge in [-0.25, -0.2) is 0 Å². The first-order valence-electron chi connectivity index (χ1n) is 6.71. The molecule has 0 bridgehead atoms. The molecule has 2 rings (SSSR count). The molecular weight excluding hydrogens is 236 g/mol. The van der Waals surface area contributed by atoms with Gasteiger partial charge in [-0.1, -0.05) is 25.1 Å². The minimum Gasteiger partial charge on any atom is -0.377 e. The molecule has 0 amide bonds. The van der Waals surface area contributed by atoms with E-state index in [1.807, 2.05) is 19.3 Å². The van der Waals surface area contributed by atoms with Crippen molar-refractivity contribution in [1.82, 2.24) is 10.3 Å². The molecule has 0 spiro atoms. The maximum atomic E-state index is 5.72. The number of methoxy groups -OCH3 is 1. The molecule has 0 aliphatic rings. The van der Waals surface area contributed by atoms with Crippen molar-refractivity contribution in [2.45, 2.75) is 31.9 Å². The summed E-state index contributed by atoms with van der Waals surface area (Å²) in [4.78, 5) is 4.42. The van der Waals surface area contributed by atoms with Crippen LogP contribution in [0.2, 0.25) is 0 Å². The van der Waals surface area contributed by atoms with Crippen LogP contribution >= 0.6 is 0 Å². The van der Waals surface area contributed by atoms with Crippen LogP contribution in [0.25, 0.3) is 10.9 Å². The lowest BCUT2D eigenvalue weighted by Gasteiger charge is -2.36. The third kappa shape index (κ3) is 2.62. The number of fused-ring (bicyclic) bond motifs is 1. The Morgan fingerprint density at radius 1 is 1.37 bits per heavy atom. The summed E-state index contributed by atoms with van der Waals surface area (Å²) in [6.07, 6.45) is 2.77. The zero-order valence-electron chi connectivity index (χ0n) is 12.1. The molecule has 3 nitrogen and oxygen atoms in total. The Morgan fingerprint density at radius 2 is 2.16 bits per heavy atom. The van der Waals surface area contributed by atoms with Gasteiger partial charge in [0.2, 0.25) is 0 Å². The van der Waals surface area contributed by atoms with Crippen LogP contribution in [0.3, 0.4) is 0 Å². The Morgan fingerprint density at radius 3 is 2.79 bits per heavy atom. The molecule has 1 aromatic carbocycles. The summed E-state index contributed by atoms with van der Waals surface area (Å²) in [6.45, 7) is 4.28. The highest BCUT2D eigenvalue weighted by Gasteiger charge is 2.32. The highest BCUT2D eigenvalue weighted by molar-refractivity contribution is 5.79. The van der Waals surface area contributed by atoms with Crippen molar-refractivity contribution in [1.29, 1.82) is 0 Å². The first-order chi connectivity index (χ1) is 9.14. The third-order valence-electron chi connectivity index (χ3n) is 4.03. The van der Waals surface area contributed by atoms with Crippen molar-refractivity contribution < 1.29 is 4.74 Å². The van der Waals surface area contributed by atoms with Crippen LogP contribution in [0.5, 0.6) is 0 Å². The summed E-state index contributed by atoms with van der Waals surface area (Å²) in [7, 11) is 3.74. The number of pyridine rings is 1. The fraction of sp³-hybridized carbons (Fsp3) is 0.438. The number of benzene rings is 1. The highest BCUT2D eigenvalue weighted by atomic mass is 16.5. The molecule has 2 atom stereocenters. The van der Waals surface area contributed by atoms with Crippen molar-refractivity contribution in [2.75, 3.05) is 14.2 Å². The van der Waals surface area contributed by atoms with Gasteiger partial charge in [0.25, 0.3) is 0 Å². The monoisotopic (exact) mass is 258 g/mol. The number of nitrogens with one attached hydrogen (secondary N) is 1. The first-order valence-corrected chi connectivity index (χ1v) is 6.71. The van der Waals surface area contributed by atoms with E-state index in [9.17, 15) is 0 Å². The molecule has 0 saturated heterocycles. The van der Waals surface area contributed by atoms with Crippen molar-refractivity contribution in [2.24, 2.45) is 0 Å². The van der Waals surface area contributed by atoms with E-state index < -0.39 is 0 Å². The normalized spacial score (nSPS) is 16.2. The summed E-state index contributed by atoms with van der Waals surface area (Å²) in [5, 5.41) is 4.54. The highest BCUT2D eigenvalue weighted by Crippen LogP contribution is 2.32. The Kier molecular flexibility index (Phi) is 4.17. The molecule has 2 unspecified atom stereocenters. The van der Waals surface area contributed by atoms with Gasteiger partial charge in [0.05, 0.1) is 17.2 Å². The number of rotatable bonds is 5. The fourth-order valence-electron chi connectivity index (χ4n) is 2.55. The van der Waals surface area contributed by atoms with E-state index in [1.54, 1.807) is 7.11 Å². The van der Waals surface area contributed by atoms with Crippen LogP contribution in [0.4, 0.5) is 0 Å². The second kappa shape index (κ2) is 5.68. The van der Waals surface area contributed by atoms with E-state index in [1.165, 1.54) is 5.56 Å². The molecule has 0 aliphatic heterocycles. The molecule has 19 heavy (non-hydrogen) atoms. The molecule has 0 fully saturated rings. The predicted molar refractivity (Wildman–Crippen MR) is 79.2 cm³/mol. The summed E-state index contributed by atoms with van der Waals surface area (Å²) in [5.74, 6) is 0. The number of nitrogens with zero attached hydrogens (tertiary/aromatic N) is 1. The van der Waals surface area contributed by atoms with Gasteiger partial charge in [-0.05, 0) is 38.1 Å². The Labute approximate surface area is 115 Å². The molecule has 0 radical (unpaired) electrons. The van der Waals surface area contributed by atoms with E-state index in [0.29, 0.717) is 0 Å². The van der Waals surface area contributed by atoms with Gasteiger partial charge >= 0.3 is 0 Å². The summed E-state index contributed by atoms with van der Waals surface area (Å²) >= 11 is 0. The van der Waals surface area contributed by atoms with Gasteiger partial charge < -0.3 is 10.1 Å². The number of ether oxygens (including phenoxy) is 1. The Bertz CT molecular complexity index is 549. The average molecular weight is 258 g/mol. The van der Waals surface area contributed by atoms with E-state index >= 15 is 0 Å². The third-order valence-corrected chi connectivity index (χ3v) is 4.03. The van der Waals surface area contributed by atoms with Crippen LogP contribution in [0.15, 0.2) is 36.5 Å². The molecule has 1 aromatic heterocycles. The van der Waals surface area contributed by atoms with Gasteiger partial charge in [-0.3, -0.25) is 4.98 Å². The van der Waals surface area contributed by atoms with Crippen LogP contribution < -0.4 is 5.32 Å². The second-order valence-electron chi connectivity index (χ2n) is 5.05. The maximum absolute atomic E-state index is 5.72. The van der Waals surface area contributed by atoms with Gasteiger partial charge in [0.15, 0.2) is 0 Å². The summed E-state index contributed by atoms with van der Waals surface area (Å²) in [6, 6.07) is 10.6. The minimum absolute atomic E-state index is 0.147. The van der Waals surface area contributed by atoms with Crippen LogP contribution in [0.1, 0.15) is 31.9 Å². The number of hydrogen-bond acceptors (Lipinski definition) is 3. The molecule has 1 heterocycles. The first kappa shape index (κ1) is 14.0. The zero-order valence-corrected chi connectivity index (χ0v) is 12.1. The van der Waals surface area contributed by atoms with Crippen molar-refractivity contribution in [3.05, 3.63) is 42.1 Å². The van der Waals surface area contributed by atoms with Crippen LogP contribution in [0, 0.1) is 0 Å². The lowest BCUT2D eigenvalue weighted by Crippen LogP contribution is -2.41. The minimum atomic E-state index is -0.225. The molecule has 0 saturated carbocycles. The van der Waals surface area contributed by atoms with E-state index in [4.69, 9.17) is 4.74 Å². The van der Waals surface area contributed by atoms with E-state index in [-0.39, 0.29) is 11.6 Å². The van der Waals surface area contributed by atoms with Gasteiger partial charge in [0.1, 0.15) is 0 Å². The van der Waals surface area contributed by atoms with E-state index in [2.05, 4.69) is 48.4 Å². The summed E-state index contributed by atoms with van der Waals surface area (Å²) in [5.41, 5.74) is 2.01. The SMILES string of the molecule is CCC(C)(OC)C(NC)c1ccc2cccnc2c1. The fourth-order valence-corrected chi connectivity index (χ4v) is 2.55. The number of likely N-dealkylation sites (N-methyl/N-ethyl adjacent to an activating group) is 1. The molecule has 0 aliphatic carbocycles. The number of hydrogen-bond donors (Lipinski definition) is 1. The summed E-state index contributed by atoms with van der Waals surface area (Å²) < 4.78 is 5.72. The average Bonchev–Trinajstić information content (AvgIpc) is 2.47. The lowest BCUT2D eigenvalue weighted by atomic mass is 9.87. The van der Waals surface area contributed by atoms with Gasteiger partial charge in [0, 0.05) is 18.7 Å². The second-order valence-corrected chi connectivity index (χ2v) is 5.05. The maximum Gasteiger partial charge on any atom is 0.0841 e. The molecule has 102 valence electrons. The molecular formula is C16H22N2O. The Balaban J connectivity index is 2.46. The largest absolute Gasteiger partial charge is 0.377 e. The zero-order chi connectivity index (χ0) is 13.9. The topological polar surface area (TPSA) is 34.1 Å². The smallest absolute Gasteiger partial charge is 0.0841 e. The predicted octanol–water partition coefficient (Wildman–Crippen LogP) is 3.31.